The number of aromatic amines is 2. The first-order valence-electron chi connectivity index (χ1n) is 2.49. The number of aromatic nitrogens is 2. The molecule has 0 aliphatic heterocycles. The molecule has 0 aromatic carbocycles. The largest absolute Gasteiger partial charge is 0.337 e. The second kappa shape index (κ2) is 2.14. The highest BCUT2D eigenvalue weighted by atomic mass is 32.1. The molecule has 0 atom stereocenters. The van der Waals surface area contributed by atoms with Crippen LogP contribution in [0.4, 0.5) is 0 Å². The number of H-pyrrole nitrogens is 2. The molecule has 9 heavy (non-hydrogen) atoms. The zero-order valence-corrected chi connectivity index (χ0v) is 5.71. The van der Waals surface area contributed by atoms with E-state index < -0.39 is 0 Å². The van der Waals surface area contributed by atoms with Gasteiger partial charge < -0.3 is 9.97 Å². The van der Waals surface area contributed by atoms with E-state index in [2.05, 4.69) is 22.2 Å². The van der Waals surface area contributed by atoms with E-state index in [0.717, 1.165) is 0 Å². The van der Waals surface area contributed by atoms with Crippen molar-refractivity contribution in [2.45, 2.75) is 6.92 Å². The lowest BCUT2D eigenvalue weighted by molar-refractivity contribution is 0.101. The molecule has 0 unspecified atom stereocenters. The minimum atomic E-state index is -0.0117. The number of imidazole rings is 1. The van der Waals surface area contributed by atoms with Crippen molar-refractivity contribution in [3.63, 3.8) is 0 Å². The predicted molar refractivity (Wildman–Crippen MR) is 36.0 cm³/mol. The van der Waals surface area contributed by atoms with E-state index in [1.807, 2.05) is 0 Å². The van der Waals surface area contributed by atoms with Gasteiger partial charge in [0, 0.05) is 13.1 Å². The van der Waals surface area contributed by atoms with Crippen molar-refractivity contribution in [3.05, 3.63) is 16.7 Å². The van der Waals surface area contributed by atoms with Gasteiger partial charge in [0.1, 0.15) is 0 Å². The summed E-state index contributed by atoms with van der Waals surface area (Å²) in [7, 11) is 0. The van der Waals surface area contributed by atoms with E-state index in [0.29, 0.717) is 10.5 Å². The van der Waals surface area contributed by atoms with Crippen molar-refractivity contribution in [3.8, 4) is 0 Å². The first-order valence-corrected chi connectivity index (χ1v) is 2.89. The van der Waals surface area contributed by atoms with Crippen LogP contribution in [0.3, 0.4) is 0 Å². The molecule has 0 bridgehead atoms. The van der Waals surface area contributed by atoms with Crippen LogP contribution in [0.1, 0.15) is 17.4 Å². The Hall–Kier alpha value is -0.900. The van der Waals surface area contributed by atoms with E-state index in [-0.39, 0.29) is 5.78 Å². The Labute approximate surface area is 57.1 Å². The maximum absolute atomic E-state index is 10.6. The molecule has 0 aliphatic carbocycles. The van der Waals surface area contributed by atoms with Gasteiger partial charge in [0.05, 0.1) is 5.69 Å². The number of hydrogen-bond acceptors (Lipinski definition) is 2. The third-order valence-electron chi connectivity index (χ3n) is 0.975. The molecule has 0 amide bonds. The van der Waals surface area contributed by atoms with Gasteiger partial charge in [-0.25, -0.2) is 0 Å². The lowest BCUT2D eigenvalue weighted by Crippen LogP contribution is -1.89. The summed E-state index contributed by atoms with van der Waals surface area (Å²) in [5.41, 5.74) is 0.528. The summed E-state index contributed by atoms with van der Waals surface area (Å²) >= 11 is 4.69. The van der Waals surface area contributed by atoms with Crippen LogP contribution < -0.4 is 0 Å². The van der Waals surface area contributed by atoms with Gasteiger partial charge in [0.25, 0.3) is 0 Å². The van der Waals surface area contributed by atoms with Crippen LogP contribution in [0.25, 0.3) is 0 Å². The van der Waals surface area contributed by atoms with Gasteiger partial charge in [-0.1, -0.05) is 0 Å². The van der Waals surface area contributed by atoms with E-state index in [9.17, 15) is 4.79 Å². The highest BCUT2D eigenvalue weighted by Crippen LogP contribution is 1.92. The summed E-state index contributed by atoms with van der Waals surface area (Å²) in [4.78, 5) is 15.9. The van der Waals surface area contributed by atoms with Crippen LogP contribution in [0, 0.1) is 4.77 Å². The third kappa shape index (κ3) is 1.26. The molecule has 2 N–H and O–H groups in total. The molecule has 0 aliphatic rings. The first kappa shape index (κ1) is 6.22. The number of carbonyl (C=O) groups excluding carboxylic acids is 1. The summed E-state index contributed by atoms with van der Waals surface area (Å²) in [6.45, 7) is 1.48. The van der Waals surface area contributed by atoms with Crippen molar-refractivity contribution in [1.82, 2.24) is 9.97 Å². The second-order valence-corrected chi connectivity index (χ2v) is 2.12. The third-order valence-corrected chi connectivity index (χ3v) is 1.20. The van der Waals surface area contributed by atoms with E-state index in [1.165, 1.54) is 6.92 Å². The molecule has 1 rings (SSSR count). The molecule has 1 aromatic heterocycles. The fraction of sp³-hybridized carbons (Fsp3) is 0.200. The molecule has 0 spiro atoms. The molecule has 0 saturated carbocycles. The maximum atomic E-state index is 10.6. The van der Waals surface area contributed by atoms with Crippen LogP contribution in [0.5, 0.6) is 0 Å². The number of Topliss-reactive ketones (excluding diaryl/α,β-unsaturated/α-hetero) is 1. The zero-order chi connectivity index (χ0) is 6.85. The fourth-order valence-electron chi connectivity index (χ4n) is 0.522. The SMILES string of the molecule is CC(=O)c1c[nH]c(=S)[nH]1. The minimum Gasteiger partial charge on any atom is -0.337 e. The molecular weight excluding hydrogens is 136 g/mol. The Balaban J connectivity index is 3.12. The Kier molecular flexibility index (Phi) is 1.48. The summed E-state index contributed by atoms with van der Waals surface area (Å²) in [5, 5.41) is 0. The fourth-order valence-corrected chi connectivity index (χ4v) is 0.691. The molecule has 0 saturated heterocycles. The zero-order valence-electron chi connectivity index (χ0n) is 4.89. The minimum absolute atomic E-state index is 0.0117. The summed E-state index contributed by atoms with van der Waals surface area (Å²) in [5.74, 6) is -0.0117. The summed E-state index contributed by atoms with van der Waals surface area (Å²) in [6, 6.07) is 0. The van der Waals surface area contributed by atoms with Gasteiger partial charge in [0.15, 0.2) is 10.6 Å². The quantitative estimate of drug-likeness (QED) is 0.458. The number of ketones is 1. The number of carbonyl (C=O) groups is 1. The van der Waals surface area contributed by atoms with Gasteiger partial charge in [-0.2, -0.15) is 0 Å². The van der Waals surface area contributed by atoms with Crippen LogP contribution in [-0.4, -0.2) is 15.8 Å². The molecule has 4 heteroatoms. The number of hydrogen-bond donors (Lipinski definition) is 2. The van der Waals surface area contributed by atoms with E-state index in [4.69, 9.17) is 0 Å². The number of rotatable bonds is 1. The van der Waals surface area contributed by atoms with Crippen molar-refractivity contribution in [2.24, 2.45) is 0 Å². The van der Waals surface area contributed by atoms with Gasteiger partial charge in [-0.3, -0.25) is 4.79 Å². The standard InChI is InChI=1S/C5H6N2OS/c1-3(8)4-2-6-5(9)7-4/h2H,1H3,(H2,6,7,9). The summed E-state index contributed by atoms with van der Waals surface area (Å²) in [6.07, 6.45) is 1.56. The Morgan fingerprint density at radius 1 is 1.78 bits per heavy atom. The van der Waals surface area contributed by atoms with Crippen LogP contribution in [-0.2, 0) is 0 Å². The molecule has 1 heterocycles. The van der Waals surface area contributed by atoms with E-state index >= 15 is 0 Å². The monoisotopic (exact) mass is 142 g/mol. The normalized spacial score (nSPS) is 9.44. The Bertz CT molecular complexity index is 272. The molecule has 1 aromatic rings. The van der Waals surface area contributed by atoms with Crippen LogP contribution >= 0.6 is 12.2 Å². The van der Waals surface area contributed by atoms with Crippen molar-refractivity contribution in [1.29, 1.82) is 0 Å². The molecule has 3 nitrogen and oxygen atoms in total. The first-order chi connectivity index (χ1) is 4.20. The lowest BCUT2D eigenvalue weighted by atomic mass is 10.3. The molecule has 0 radical (unpaired) electrons. The van der Waals surface area contributed by atoms with Gasteiger partial charge in [-0.15, -0.1) is 0 Å². The lowest BCUT2D eigenvalue weighted by Gasteiger charge is -1.80. The highest BCUT2D eigenvalue weighted by molar-refractivity contribution is 7.71. The maximum Gasteiger partial charge on any atom is 0.177 e. The Morgan fingerprint density at radius 3 is 2.67 bits per heavy atom. The predicted octanol–water partition coefficient (Wildman–Crippen LogP) is 1.27. The van der Waals surface area contributed by atoms with Gasteiger partial charge in [-0.05, 0) is 12.2 Å². The van der Waals surface area contributed by atoms with Crippen LogP contribution in [0.2, 0.25) is 0 Å². The van der Waals surface area contributed by atoms with Crippen molar-refractivity contribution >= 4 is 18.0 Å². The van der Waals surface area contributed by atoms with Gasteiger partial charge >= 0.3 is 0 Å². The highest BCUT2D eigenvalue weighted by Gasteiger charge is 1.96. The second-order valence-electron chi connectivity index (χ2n) is 1.71. The molecule has 0 fully saturated rings. The van der Waals surface area contributed by atoms with Gasteiger partial charge in [0.2, 0.25) is 0 Å². The molecule has 48 valence electrons. The molecular formula is C5H6N2OS. The van der Waals surface area contributed by atoms with Crippen molar-refractivity contribution in [2.75, 3.05) is 0 Å². The van der Waals surface area contributed by atoms with E-state index in [1.54, 1.807) is 6.20 Å². The smallest absolute Gasteiger partial charge is 0.177 e. The average Bonchev–Trinajstić information content (AvgIpc) is 2.14. The van der Waals surface area contributed by atoms with Crippen LogP contribution in [0.15, 0.2) is 6.20 Å². The van der Waals surface area contributed by atoms with Crippen molar-refractivity contribution < 1.29 is 4.79 Å². The Morgan fingerprint density at radius 2 is 2.44 bits per heavy atom. The number of nitrogens with one attached hydrogen (secondary N) is 2. The average molecular weight is 142 g/mol. The topological polar surface area (TPSA) is 48.6 Å². The summed E-state index contributed by atoms with van der Waals surface area (Å²) < 4.78 is 0.486.